The number of nitrogens with two attached hydrogens (primary N) is 2. The summed E-state index contributed by atoms with van der Waals surface area (Å²) in [4.78, 5) is 52.0. The van der Waals surface area contributed by atoms with Crippen molar-refractivity contribution in [2.45, 2.75) is 0 Å². The molecule has 5 rings (SSSR count). The van der Waals surface area contributed by atoms with Gasteiger partial charge >= 0.3 is 0 Å². The first kappa shape index (κ1) is 15.7. The van der Waals surface area contributed by atoms with Crippen LogP contribution < -0.4 is 33.2 Å². The Morgan fingerprint density at radius 3 is 1.37 bits per heavy atom. The number of fused-ring (bicyclic) bond motifs is 5. The number of rotatable bonds is 0. The summed E-state index contributed by atoms with van der Waals surface area (Å²) < 4.78 is 0.231. The molecule has 0 aliphatic heterocycles. The van der Waals surface area contributed by atoms with E-state index in [1.54, 1.807) is 0 Å². The van der Waals surface area contributed by atoms with Gasteiger partial charge in [-0.25, -0.2) is 0 Å². The molecule has 0 saturated carbocycles. The van der Waals surface area contributed by atoms with E-state index in [0.717, 1.165) is 11.3 Å². The molecule has 0 aliphatic carbocycles. The Labute approximate surface area is 153 Å². The number of nitrogen functional groups attached to an aromatic ring is 2. The number of benzene rings is 4. The third-order valence-electron chi connectivity index (χ3n) is 4.84. The van der Waals surface area contributed by atoms with Crippen LogP contribution in [0.3, 0.4) is 0 Å². The SMILES string of the molecule is Nc1ccc2c(=O)c3sc4c(=O)c5ccc(N)cc5c(=O)c4c3c(=O)c2c1. The van der Waals surface area contributed by atoms with E-state index in [1.165, 1.54) is 36.4 Å². The van der Waals surface area contributed by atoms with Crippen LogP contribution in [0.2, 0.25) is 0 Å². The molecule has 4 N–H and O–H groups in total. The van der Waals surface area contributed by atoms with Crippen molar-refractivity contribution in [3.8, 4) is 0 Å². The molecule has 0 fully saturated rings. The van der Waals surface area contributed by atoms with Gasteiger partial charge in [0.2, 0.25) is 10.9 Å². The van der Waals surface area contributed by atoms with Crippen LogP contribution in [0.5, 0.6) is 0 Å². The van der Waals surface area contributed by atoms with Crippen LogP contribution in [0.4, 0.5) is 11.4 Å². The summed E-state index contributed by atoms with van der Waals surface area (Å²) in [5, 5.41) is 0.719. The van der Waals surface area contributed by atoms with Crippen LogP contribution in [0.15, 0.2) is 55.6 Å². The first-order chi connectivity index (χ1) is 12.9. The maximum absolute atomic E-state index is 13.1. The highest BCUT2D eigenvalue weighted by molar-refractivity contribution is 7.25. The van der Waals surface area contributed by atoms with Crippen molar-refractivity contribution in [3.63, 3.8) is 0 Å². The lowest BCUT2D eigenvalue weighted by molar-refractivity contribution is 1.67. The molecule has 5 aromatic rings. The Kier molecular flexibility index (Phi) is 2.89. The van der Waals surface area contributed by atoms with Crippen LogP contribution >= 0.6 is 11.3 Å². The number of thiophene rings is 1. The summed E-state index contributed by atoms with van der Waals surface area (Å²) >= 11 is 0.894. The minimum atomic E-state index is -0.474. The quantitative estimate of drug-likeness (QED) is 0.399. The van der Waals surface area contributed by atoms with E-state index in [1.807, 2.05) is 0 Å². The summed E-state index contributed by atoms with van der Waals surface area (Å²) in [7, 11) is 0. The molecular weight excluding hydrogens is 364 g/mol. The predicted molar refractivity (Wildman–Crippen MR) is 111 cm³/mol. The molecule has 0 amide bonds. The van der Waals surface area contributed by atoms with Gasteiger partial charge in [0.25, 0.3) is 0 Å². The van der Waals surface area contributed by atoms with Crippen molar-refractivity contribution in [3.05, 3.63) is 77.3 Å². The zero-order valence-corrected chi connectivity index (χ0v) is 14.5. The smallest absolute Gasteiger partial charge is 0.204 e. The first-order valence-corrected chi connectivity index (χ1v) is 8.84. The lowest BCUT2D eigenvalue weighted by Crippen LogP contribution is -2.15. The Hall–Kier alpha value is -3.58. The number of hydrogen-bond acceptors (Lipinski definition) is 7. The lowest BCUT2D eigenvalue weighted by atomic mass is 10.0. The van der Waals surface area contributed by atoms with Crippen LogP contribution in [0.25, 0.3) is 41.7 Å². The van der Waals surface area contributed by atoms with E-state index in [4.69, 9.17) is 11.5 Å². The van der Waals surface area contributed by atoms with E-state index < -0.39 is 10.9 Å². The zero-order valence-electron chi connectivity index (χ0n) is 13.7. The average Bonchev–Trinajstić information content (AvgIpc) is 3.05. The third-order valence-corrected chi connectivity index (χ3v) is 6.03. The molecule has 6 nitrogen and oxygen atoms in total. The normalized spacial score (nSPS) is 11.9. The highest BCUT2D eigenvalue weighted by atomic mass is 32.1. The molecule has 0 aliphatic rings. The standard InChI is InChI=1S/C20H10N2O4S/c21-7-1-3-9-11(5-7)15(23)13-14-16(24)12-6-8(22)2-4-10(12)18(26)20(14)27-19(13)17(9)25/h1-6H,21-22H2. The van der Waals surface area contributed by atoms with E-state index in [2.05, 4.69) is 0 Å². The van der Waals surface area contributed by atoms with E-state index >= 15 is 0 Å². The van der Waals surface area contributed by atoms with Gasteiger partial charge in [-0.1, -0.05) is 0 Å². The summed E-state index contributed by atoms with van der Waals surface area (Å²) in [6, 6.07) is 8.90. The van der Waals surface area contributed by atoms with Gasteiger partial charge in [-0.2, -0.15) is 0 Å². The minimum absolute atomic E-state index is 0.00970. The molecular formula is C20H10N2O4S. The highest BCUT2D eigenvalue weighted by Crippen LogP contribution is 2.29. The predicted octanol–water partition coefficient (Wildman–Crippen LogP) is 1.84. The van der Waals surface area contributed by atoms with Crippen LogP contribution in [0.1, 0.15) is 0 Å². The fourth-order valence-electron chi connectivity index (χ4n) is 3.59. The Morgan fingerprint density at radius 2 is 0.963 bits per heavy atom. The van der Waals surface area contributed by atoms with Gasteiger partial charge < -0.3 is 11.5 Å². The Balaban J connectivity index is 2.21. The Morgan fingerprint density at radius 1 is 0.556 bits per heavy atom. The lowest BCUT2D eigenvalue weighted by Gasteiger charge is -2.00. The van der Waals surface area contributed by atoms with E-state index in [-0.39, 0.29) is 52.6 Å². The number of hydrogen-bond donors (Lipinski definition) is 2. The van der Waals surface area contributed by atoms with Crippen molar-refractivity contribution in [1.29, 1.82) is 0 Å². The monoisotopic (exact) mass is 374 g/mol. The molecule has 1 heterocycles. The van der Waals surface area contributed by atoms with Gasteiger partial charge in [0.15, 0.2) is 10.9 Å². The molecule has 0 radical (unpaired) electrons. The first-order valence-electron chi connectivity index (χ1n) is 8.03. The van der Waals surface area contributed by atoms with Gasteiger partial charge in [-0.05, 0) is 36.4 Å². The summed E-state index contributed by atoms with van der Waals surface area (Å²) in [5.41, 5.74) is 10.5. The fourth-order valence-corrected chi connectivity index (χ4v) is 4.80. The van der Waals surface area contributed by atoms with Crippen LogP contribution in [-0.2, 0) is 0 Å². The maximum Gasteiger partial charge on any atom is 0.204 e. The summed E-state index contributed by atoms with van der Waals surface area (Å²) in [6.07, 6.45) is 0. The zero-order chi connectivity index (χ0) is 19.0. The molecule has 27 heavy (non-hydrogen) atoms. The minimum Gasteiger partial charge on any atom is -0.399 e. The van der Waals surface area contributed by atoms with Crippen LogP contribution in [0, 0.1) is 0 Å². The largest absolute Gasteiger partial charge is 0.399 e. The van der Waals surface area contributed by atoms with Gasteiger partial charge in [0.05, 0.1) is 20.2 Å². The van der Waals surface area contributed by atoms with Gasteiger partial charge in [0, 0.05) is 32.9 Å². The maximum atomic E-state index is 13.1. The second-order valence-electron chi connectivity index (χ2n) is 6.44. The third kappa shape index (κ3) is 1.89. The van der Waals surface area contributed by atoms with Crippen molar-refractivity contribution < 1.29 is 0 Å². The molecule has 130 valence electrons. The highest BCUT2D eigenvalue weighted by Gasteiger charge is 2.22. The van der Waals surface area contributed by atoms with Crippen molar-refractivity contribution in [2.24, 2.45) is 0 Å². The van der Waals surface area contributed by atoms with Crippen molar-refractivity contribution in [1.82, 2.24) is 0 Å². The van der Waals surface area contributed by atoms with Crippen LogP contribution in [-0.4, -0.2) is 0 Å². The van der Waals surface area contributed by atoms with E-state index in [9.17, 15) is 19.2 Å². The molecule has 0 atom stereocenters. The Bertz CT molecular complexity index is 1550. The molecule has 0 unspecified atom stereocenters. The van der Waals surface area contributed by atoms with Crippen molar-refractivity contribution in [2.75, 3.05) is 11.5 Å². The fraction of sp³-hybridized carbons (Fsp3) is 0. The second-order valence-corrected chi connectivity index (χ2v) is 7.46. The second kappa shape index (κ2) is 4.99. The average molecular weight is 374 g/mol. The summed E-state index contributed by atoms with van der Waals surface area (Å²) in [5.74, 6) is 0. The topological polar surface area (TPSA) is 120 Å². The summed E-state index contributed by atoms with van der Waals surface area (Å²) in [6.45, 7) is 0. The van der Waals surface area contributed by atoms with E-state index in [0.29, 0.717) is 11.4 Å². The van der Waals surface area contributed by atoms with Gasteiger partial charge in [0.1, 0.15) is 0 Å². The molecule has 0 bridgehead atoms. The molecule has 0 spiro atoms. The van der Waals surface area contributed by atoms with Gasteiger partial charge in [-0.15, -0.1) is 11.3 Å². The molecule has 7 heteroatoms. The van der Waals surface area contributed by atoms with Crippen molar-refractivity contribution >= 4 is 64.4 Å². The number of anilines is 2. The van der Waals surface area contributed by atoms with Gasteiger partial charge in [-0.3, -0.25) is 19.2 Å². The molecule has 4 aromatic carbocycles. The molecule has 0 saturated heterocycles. The molecule has 1 aromatic heterocycles.